The number of carboxylic acids is 1. The Morgan fingerprint density at radius 1 is 0.780 bits per heavy atom. The summed E-state index contributed by atoms with van der Waals surface area (Å²) in [6.45, 7) is 0.454. The summed E-state index contributed by atoms with van der Waals surface area (Å²) in [7, 11) is 0. The number of rotatable bonds is 18. The van der Waals surface area contributed by atoms with Crippen LogP contribution in [-0.4, -0.2) is 88.8 Å². The van der Waals surface area contributed by atoms with E-state index in [2.05, 4.69) is 38.6 Å². The lowest BCUT2D eigenvalue weighted by Gasteiger charge is -2.24. The Bertz CT molecular complexity index is 1080. The third-order valence-corrected chi connectivity index (χ3v) is 6.05. The Hall–Kier alpha value is -4.25. The van der Waals surface area contributed by atoms with E-state index in [1.165, 1.54) is 24.3 Å². The Morgan fingerprint density at radius 3 is 1.78 bits per heavy atom. The number of carbonyl (C=O) groups excluding carboxylic acids is 3. The van der Waals surface area contributed by atoms with E-state index in [1.807, 2.05) is 0 Å². The van der Waals surface area contributed by atoms with Crippen LogP contribution >= 0.6 is 12.6 Å². The highest BCUT2D eigenvalue weighted by Crippen LogP contribution is 2.12. The van der Waals surface area contributed by atoms with Crippen LogP contribution in [0.5, 0.6) is 5.75 Å². The molecule has 0 aliphatic rings. The number of nitrogens with zero attached hydrogens (tertiary/aromatic N) is 2. The molecule has 16 nitrogen and oxygen atoms in total. The molecule has 0 aliphatic heterocycles. The van der Waals surface area contributed by atoms with Gasteiger partial charge in [0.1, 0.15) is 23.9 Å². The monoisotopic (exact) mass is 596 g/mol. The minimum Gasteiger partial charge on any atom is -0.508 e. The summed E-state index contributed by atoms with van der Waals surface area (Å²) in [5.74, 6) is -3.78. The average Bonchev–Trinajstić information content (AvgIpc) is 2.91. The quantitative estimate of drug-likeness (QED) is 0.0348. The number of aromatic hydroxyl groups is 1. The van der Waals surface area contributed by atoms with Crippen molar-refractivity contribution in [1.82, 2.24) is 16.0 Å². The minimum absolute atomic E-state index is 0.00866. The third-order valence-electron chi connectivity index (χ3n) is 5.69. The molecule has 0 saturated heterocycles. The molecule has 1 aromatic rings. The number of nitrogens with two attached hydrogens (primary N) is 5. The summed E-state index contributed by atoms with van der Waals surface area (Å²) in [5.41, 5.74) is 27.7. The lowest BCUT2D eigenvalue weighted by molar-refractivity contribution is -0.142. The number of guanidine groups is 2. The van der Waals surface area contributed by atoms with Gasteiger partial charge in [-0.1, -0.05) is 12.1 Å². The predicted octanol–water partition coefficient (Wildman–Crippen LogP) is -3.16. The molecular weight excluding hydrogens is 556 g/mol. The van der Waals surface area contributed by atoms with Gasteiger partial charge in [-0.3, -0.25) is 24.4 Å². The first-order valence-corrected chi connectivity index (χ1v) is 13.4. The first kappa shape index (κ1) is 34.8. The van der Waals surface area contributed by atoms with Gasteiger partial charge in [-0.05, 0) is 43.4 Å². The number of hydrogen-bond donors (Lipinski definition) is 11. The number of carbonyl (C=O) groups is 4. The van der Waals surface area contributed by atoms with E-state index < -0.39 is 47.9 Å². The fourth-order valence-corrected chi connectivity index (χ4v) is 3.77. The summed E-state index contributed by atoms with van der Waals surface area (Å²) < 4.78 is 0. The Labute approximate surface area is 243 Å². The van der Waals surface area contributed by atoms with Crippen molar-refractivity contribution in [3.8, 4) is 5.75 Å². The molecule has 0 fully saturated rings. The van der Waals surface area contributed by atoms with E-state index in [1.54, 1.807) is 0 Å². The van der Waals surface area contributed by atoms with Crippen molar-refractivity contribution in [3.05, 3.63) is 29.8 Å². The van der Waals surface area contributed by atoms with E-state index in [-0.39, 0.29) is 55.8 Å². The molecule has 3 amide bonds. The Morgan fingerprint density at radius 2 is 1.27 bits per heavy atom. The van der Waals surface area contributed by atoms with Crippen molar-refractivity contribution in [1.29, 1.82) is 0 Å². The van der Waals surface area contributed by atoms with Crippen LogP contribution in [0.2, 0.25) is 0 Å². The van der Waals surface area contributed by atoms with Crippen molar-refractivity contribution in [3.63, 3.8) is 0 Å². The van der Waals surface area contributed by atoms with Crippen LogP contribution < -0.4 is 44.6 Å². The molecule has 1 rings (SSSR count). The fraction of sp³-hybridized carbons (Fsp3) is 0.500. The maximum Gasteiger partial charge on any atom is 0.326 e. The van der Waals surface area contributed by atoms with Gasteiger partial charge in [-0.2, -0.15) is 12.6 Å². The van der Waals surface area contributed by atoms with Crippen LogP contribution in [0, 0.1) is 0 Å². The molecule has 41 heavy (non-hydrogen) atoms. The van der Waals surface area contributed by atoms with E-state index in [9.17, 15) is 29.4 Å². The molecule has 0 bridgehead atoms. The average molecular weight is 597 g/mol. The molecule has 17 heteroatoms. The number of thiol groups is 1. The highest BCUT2D eigenvalue weighted by atomic mass is 32.1. The highest BCUT2D eigenvalue weighted by Gasteiger charge is 2.29. The van der Waals surface area contributed by atoms with Gasteiger partial charge in [0, 0.05) is 25.3 Å². The van der Waals surface area contributed by atoms with Gasteiger partial charge in [0.05, 0.1) is 6.04 Å². The van der Waals surface area contributed by atoms with E-state index in [0.29, 0.717) is 18.4 Å². The number of phenolic OH excluding ortho intramolecular Hbond substituents is 1. The maximum absolute atomic E-state index is 13.1. The molecule has 0 radical (unpaired) electrons. The van der Waals surface area contributed by atoms with Crippen molar-refractivity contribution in [2.24, 2.45) is 38.7 Å². The van der Waals surface area contributed by atoms with Crippen LogP contribution in [0.15, 0.2) is 34.3 Å². The molecule has 0 aliphatic carbocycles. The molecule has 0 aromatic heterocycles. The third kappa shape index (κ3) is 14.1. The van der Waals surface area contributed by atoms with Gasteiger partial charge >= 0.3 is 5.97 Å². The van der Waals surface area contributed by atoms with Crippen LogP contribution in [0.1, 0.15) is 31.2 Å². The molecule has 0 saturated carbocycles. The topological polar surface area (TPSA) is 300 Å². The Balaban J connectivity index is 2.90. The van der Waals surface area contributed by atoms with Crippen molar-refractivity contribution in [2.75, 3.05) is 18.8 Å². The smallest absolute Gasteiger partial charge is 0.326 e. The molecular formula is C24H40N10O6S. The zero-order valence-corrected chi connectivity index (χ0v) is 23.4. The molecule has 4 atom stereocenters. The fourth-order valence-electron chi connectivity index (χ4n) is 3.51. The zero-order valence-electron chi connectivity index (χ0n) is 22.5. The summed E-state index contributed by atoms with van der Waals surface area (Å²) in [6.07, 6.45) is 1.00. The standard InChI is InChI=1S/C24H40N10O6S/c25-15(3-1-9-30-23(26)27)19(36)32-16(4-2-10-31-24(28)29)20(37)34-18(12-41)21(38)33-17(22(39)40)11-13-5-7-14(35)8-6-13/h5-8,15-18,35,41H,1-4,9-12,25H2,(H,32,36)(H,33,38)(H,34,37)(H,39,40)(H4,26,27,30)(H4,28,29,31). The van der Waals surface area contributed by atoms with Crippen molar-refractivity contribution < 1.29 is 29.4 Å². The number of phenols is 1. The van der Waals surface area contributed by atoms with E-state index in [0.717, 1.165) is 0 Å². The molecule has 0 heterocycles. The number of aliphatic imine (C=N–C) groups is 2. The maximum atomic E-state index is 13.1. The van der Waals surface area contributed by atoms with Crippen LogP contribution in [0.3, 0.4) is 0 Å². The van der Waals surface area contributed by atoms with Crippen LogP contribution in [0.25, 0.3) is 0 Å². The second-order valence-electron chi connectivity index (χ2n) is 9.08. The number of hydrogen-bond acceptors (Lipinski definition) is 9. The van der Waals surface area contributed by atoms with E-state index >= 15 is 0 Å². The molecule has 0 spiro atoms. The summed E-state index contributed by atoms with van der Waals surface area (Å²) >= 11 is 4.12. The van der Waals surface area contributed by atoms with Crippen molar-refractivity contribution >= 4 is 48.2 Å². The number of benzene rings is 1. The lowest BCUT2D eigenvalue weighted by atomic mass is 10.1. The summed E-state index contributed by atoms with van der Waals surface area (Å²) in [4.78, 5) is 58.2. The van der Waals surface area contributed by atoms with Gasteiger partial charge in [-0.15, -0.1) is 0 Å². The first-order valence-electron chi connectivity index (χ1n) is 12.7. The molecule has 4 unspecified atom stereocenters. The van der Waals surface area contributed by atoms with Crippen LogP contribution in [0.4, 0.5) is 0 Å². The molecule has 228 valence electrons. The second-order valence-corrected chi connectivity index (χ2v) is 9.44. The Kier molecular flexibility index (Phi) is 15.4. The van der Waals surface area contributed by atoms with Gasteiger partial charge in [-0.25, -0.2) is 4.79 Å². The summed E-state index contributed by atoms with van der Waals surface area (Å²) in [5, 5.41) is 26.5. The highest BCUT2D eigenvalue weighted by molar-refractivity contribution is 7.80. The van der Waals surface area contributed by atoms with Crippen LogP contribution in [-0.2, 0) is 25.6 Å². The predicted molar refractivity (Wildman–Crippen MR) is 157 cm³/mol. The first-order chi connectivity index (χ1) is 19.3. The second kappa shape index (κ2) is 18.2. The van der Waals surface area contributed by atoms with Gasteiger partial charge in [0.2, 0.25) is 17.7 Å². The molecule has 15 N–H and O–H groups in total. The lowest BCUT2D eigenvalue weighted by Crippen LogP contribution is -2.57. The van der Waals surface area contributed by atoms with Crippen molar-refractivity contribution in [2.45, 2.75) is 56.3 Å². The summed E-state index contributed by atoms with van der Waals surface area (Å²) in [6, 6.07) is 1.22. The minimum atomic E-state index is -1.32. The number of amides is 3. The number of aliphatic carboxylic acids is 1. The largest absolute Gasteiger partial charge is 0.508 e. The number of carboxylic acid groups (broad SMARTS) is 1. The van der Waals surface area contributed by atoms with E-state index in [4.69, 9.17) is 28.7 Å². The van der Waals surface area contributed by atoms with Gasteiger partial charge < -0.3 is 54.8 Å². The molecule has 1 aromatic carbocycles. The van der Waals surface area contributed by atoms with Gasteiger partial charge in [0.25, 0.3) is 0 Å². The van der Waals surface area contributed by atoms with Gasteiger partial charge in [0.15, 0.2) is 11.9 Å². The number of nitrogens with one attached hydrogen (secondary N) is 3. The normalized spacial score (nSPS) is 13.5. The zero-order chi connectivity index (χ0) is 30.9. The SMILES string of the molecule is NC(N)=NCCCC(N)C(=O)NC(CCCN=C(N)N)C(=O)NC(CS)C(=O)NC(Cc1ccc(O)cc1)C(=O)O.